The first-order valence-electron chi connectivity index (χ1n) is 10.0. The molecule has 10 heteroatoms. The third-order valence-electron chi connectivity index (χ3n) is 4.60. The Balaban J connectivity index is 1.39. The van der Waals surface area contributed by atoms with Crippen molar-refractivity contribution in [1.82, 2.24) is 4.98 Å². The first kappa shape index (κ1) is 23.7. The van der Waals surface area contributed by atoms with Crippen LogP contribution < -0.4 is 14.8 Å². The van der Waals surface area contributed by atoms with Crippen LogP contribution in [0, 0.1) is 0 Å². The fraction of sp³-hybridized carbons (Fsp3) is 0.125. The minimum atomic E-state index is -0.559. The number of rotatable bonds is 9. The highest BCUT2D eigenvalue weighted by atomic mass is 32.1. The van der Waals surface area contributed by atoms with Crippen molar-refractivity contribution < 1.29 is 23.8 Å². The predicted molar refractivity (Wildman–Crippen MR) is 137 cm³/mol. The van der Waals surface area contributed by atoms with Gasteiger partial charge in [0.2, 0.25) is 0 Å². The van der Waals surface area contributed by atoms with Gasteiger partial charge in [0.05, 0.1) is 25.5 Å². The highest BCUT2D eigenvalue weighted by molar-refractivity contribution is 7.14. The van der Waals surface area contributed by atoms with Crippen molar-refractivity contribution in [2.24, 2.45) is 0 Å². The number of benzene rings is 1. The number of amides is 1. The molecule has 1 amide bonds. The number of hydrogen-bond acceptors (Lipinski definition) is 9. The number of ether oxygens (including phenoxy) is 3. The summed E-state index contributed by atoms with van der Waals surface area (Å²) in [6.45, 7) is -0.419. The van der Waals surface area contributed by atoms with E-state index < -0.39 is 18.5 Å². The Morgan fingerprint density at radius 3 is 2.50 bits per heavy atom. The molecule has 3 heterocycles. The van der Waals surface area contributed by atoms with Crippen LogP contribution in [0.5, 0.6) is 11.5 Å². The maximum Gasteiger partial charge on any atom is 0.340 e. The average Bonchev–Trinajstić information content (AvgIpc) is 3.63. The molecule has 1 N–H and O–H groups in total. The van der Waals surface area contributed by atoms with Crippen LogP contribution in [0.4, 0.5) is 5.13 Å². The van der Waals surface area contributed by atoms with Gasteiger partial charge in [0.15, 0.2) is 23.2 Å². The molecule has 0 fully saturated rings. The molecule has 174 valence electrons. The molecular formula is C24H20N2O5S3. The summed E-state index contributed by atoms with van der Waals surface area (Å²) < 4.78 is 15.9. The van der Waals surface area contributed by atoms with E-state index in [0.29, 0.717) is 27.9 Å². The standard InChI is InChI=1S/C24H20N2O5S3/c1-29-19-8-7-15(11-20(19)30-2)18-14-34-24(25-18)26-22(27)13-31-23(28)17(21-6-4-10-33-21)12-16-5-3-9-32-16/h3-12,14H,13H2,1-2H3,(H,25,26,27). The molecule has 0 saturated heterocycles. The Kier molecular flexibility index (Phi) is 7.73. The Morgan fingerprint density at radius 1 is 1.00 bits per heavy atom. The molecule has 0 unspecified atom stereocenters. The van der Waals surface area contributed by atoms with Crippen LogP contribution in [-0.4, -0.2) is 37.7 Å². The number of nitrogens with one attached hydrogen (secondary N) is 1. The monoisotopic (exact) mass is 512 g/mol. The van der Waals surface area contributed by atoms with Crippen molar-refractivity contribution in [1.29, 1.82) is 0 Å². The van der Waals surface area contributed by atoms with E-state index in [-0.39, 0.29) is 0 Å². The van der Waals surface area contributed by atoms with E-state index in [1.165, 1.54) is 34.0 Å². The van der Waals surface area contributed by atoms with Gasteiger partial charge in [-0.05, 0) is 47.2 Å². The molecule has 4 rings (SSSR count). The zero-order valence-corrected chi connectivity index (χ0v) is 20.7. The number of hydrogen-bond donors (Lipinski definition) is 1. The number of carbonyl (C=O) groups is 2. The van der Waals surface area contributed by atoms with Gasteiger partial charge in [-0.2, -0.15) is 0 Å². The maximum atomic E-state index is 12.7. The lowest BCUT2D eigenvalue weighted by molar-refractivity contribution is -0.141. The molecule has 1 aromatic carbocycles. The minimum absolute atomic E-state index is 0.401. The Morgan fingerprint density at radius 2 is 1.79 bits per heavy atom. The summed E-state index contributed by atoms with van der Waals surface area (Å²) in [5.74, 6) is 0.175. The fourth-order valence-electron chi connectivity index (χ4n) is 3.00. The molecule has 0 aliphatic rings. The molecule has 3 aromatic heterocycles. The summed E-state index contributed by atoms with van der Waals surface area (Å²) in [6.07, 6.45) is 1.77. The van der Waals surface area contributed by atoms with Crippen LogP contribution in [0.1, 0.15) is 9.75 Å². The van der Waals surface area contributed by atoms with Gasteiger partial charge in [-0.25, -0.2) is 9.78 Å². The first-order chi connectivity index (χ1) is 16.6. The smallest absolute Gasteiger partial charge is 0.340 e. The van der Waals surface area contributed by atoms with Crippen molar-refractivity contribution >= 4 is 62.7 Å². The number of thiazole rings is 1. The lowest BCUT2D eigenvalue weighted by atomic mass is 10.1. The number of methoxy groups -OCH3 is 2. The Labute approximate surface area is 208 Å². The first-order valence-corrected chi connectivity index (χ1v) is 12.6. The summed E-state index contributed by atoms with van der Waals surface area (Å²) in [5.41, 5.74) is 1.91. The van der Waals surface area contributed by atoms with E-state index in [1.54, 1.807) is 26.4 Å². The molecule has 0 aliphatic carbocycles. The number of carbonyl (C=O) groups excluding carboxylic acids is 2. The highest BCUT2D eigenvalue weighted by Crippen LogP contribution is 2.33. The van der Waals surface area contributed by atoms with Gasteiger partial charge in [-0.1, -0.05) is 12.1 Å². The molecule has 4 aromatic rings. The number of nitrogens with zero attached hydrogens (tertiary/aromatic N) is 1. The Hall–Kier alpha value is -3.47. The lowest BCUT2D eigenvalue weighted by Gasteiger charge is -2.08. The van der Waals surface area contributed by atoms with Gasteiger partial charge in [-0.3, -0.25) is 10.1 Å². The van der Waals surface area contributed by atoms with Gasteiger partial charge >= 0.3 is 5.97 Å². The van der Waals surface area contributed by atoms with E-state index in [1.807, 2.05) is 52.5 Å². The molecule has 0 atom stereocenters. The molecule has 0 bridgehead atoms. The van der Waals surface area contributed by atoms with Gasteiger partial charge in [0, 0.05) is 20.7 Å². The molecule has 34 heavy (non-hydrogen) atoms. The molecule has 7 nitrogen and oxygen atoms in total. The third kappa shape index (κ3) is 5.71. The van der Waals surface area contributed by atoms with E-state index in [2.05, 4.69) is 10.3 Å². The van der Waals surface area contributed by atoms with Crippen LogP contribution in [0.15, 0.2) is 58.6 Å². The summed E-state index contributed by atoms with van der Waals surface area (Å²) in [6, 6.07) is 13.0. The predicted octanol–water partition coefficient (Wildman–Crippen LogP) is 5.67. The van der Waals surface area contributed by atoms with Crippen molar-refractivity contribution in [3.8, 4) is 22.8 Å². The molecule has 0 spiro atoms. The molecule has 0 aliphatic heterocycles. The van der Waals surface area contributed by atoms with Crippen LogP contribution in [-0.2, 0) is 14.3 Å². The molecule has 0 radical (unpaired) electrons. The van der Waals surface area contributed by atoms with Crippen molar-refractivity contribution in [2.45, 2.75) is 0 Å². The second-order valence-electron chi connectivity index (χ2n) is 6.78. The quantitative estimate of drug-likeness (QED) is 0.230. The maximum absolute atomic E-state index is 12.7. The highest BCUT2D eigenvalue weighted by Gasteiger charge is 2.18. The van der Waals surface area contributed by atoms with E-state index in [9.17, 15) is 9.59 Å². The largest absolute Gasteiger partial charge is 0.493 e. The van der Waals surface area contributed by atoms with Crippen LogP contribution in [0.25, 0.3) is 22.9 Å². The van der Waals surface area contributed by atoms with Crippen molar-refractivity contribution in [3.63, 3.8) is 0 Å². The third-order valence-corrected chi connectivity index (χ3v) is 7.08. The van der Waals surface area contributed by atoms with E-state index >= 15 is 0 Å². The van der Waals surface area contributed by atoms with Gasteiger partial charge in [-0.15, -0.1) is 34.0 Å². The summed E-state index contributed by atoms with van der Waals surface area (Å²) in [5, 5.41) is 8.72. The summed E-state index contributed by atoms with van der Waals surface area (Å²) in [4.78, 5) is 31.3. The zero-order valence-electron chi connectivity index (χ0n) is 18.3. The van der Waals surface area contributed by atoms with Crippen molar-refractivity contribution in [3.05, 3.63) is 68.4 Å². The van der Waals surface area contributed by atoms with Crippen molar-refractivity contribution in [2.75, 3.05) is 26.1 Å². The summed E-state index contributed by atoms with van der Waals surface area (Å²) in [7, 11) is 3.14. The van der Waals surface area contributed by atoms with E-state index in [0.717, 1.165) is 15.3 Å². The Bertz CT molecular complexity index is 1290. The second-order valence-corrected chi connectivity index (χ2v) is 9.57. The fourth-order valence-corrected chi connectivity index (χ4v) is 5.12. The van der Waals surface area contributed by atoms with Crippen LogP contribution in [0.2, 0.25) is 0 Å². The number of aromatic nitrogens is 1. The number of thiophene rings is 2. The van der Waals surface area contributed by atoms with Crippen LogP contribution in [0.3, 0.4) is 0 Å². The normalized spacial score (nSPS) is 11.2. The SMILES string of the molecule is COc1ccc(-c2csc(NC(=O)COC(=O)C(=Cc3cccs3)c3cccs3)n2)cc1OC. The number of esters is 1. The minimum Gasteiger partial charge on any atom is -0.493 e. The molecule has 0 saturated carbocycles. The van der Waals surface area contributed by atoms with Crippen LogP contribution >= 0.6 is 34.0 Å². The van der Waals surface area contributed by atoms with Gasteiger partial charge < -0.3 is 14.2 Å². The zero-order chi connectivity index (χ0) is 23.9. The average molecular weight is 513 g/mol. The summed E-state index contributed by atoms with van der Waals surface area (Å²) >= 11 is 4.22. The van der Waals surface area contributed by atoms with Gasteiger partial charge in [0.1, 0.15) is 0 Å². The van der Waals surface area contributed by atoms with Gasteiger partial charge in [0.25, 0.3) is 5.91 Å². The van der Waals surface area contributed by atoms with E-state index in [4.69, 9.17) is 14.2 Å². The molecular weight excluding hydrogens is 492 g/mol. The second kappa shape index (κ2) is 11.1. The topological polar surface area (TPSA) is 86.8 Å². The lowest BCUT2D eigenvalue weighted by Crippen LogP contribution is -2.21. The number of anilines is 1.